The van der Waals surface area contributed by atoms with Crippen molar-refractivity contribution in [2.24, 2.45) is 0 Å². The van der Waals surface area contributed by atoms with Gasteiger partial charge in [-0.1, -0.05) is 11.6 Å². The van der Waals surface area contributed by atoms with E-state index in [1.165, 1.54) is 20.3 Å². The summed E-state index contributed by atoms with van der Waals surface area (Å²) in [6.45, 7) is 0. The van der Waals surface area contributed by atoms with Crippen LogP contribution < -0.4 is 9.47 Å². The lowest BCUT2D eigenvalue weighted by Gasteiger charge is -2.14. The molecule has 1 aromatic carbocycles. The third-order valence-corrected chi connectivity index (χ3v) is 2.61. The summed E-state index contributed by atoms with van der Waals surface area (Å²) >= 11 is 5.94. The molecule has 4 nitrogen and oxygen atoms in total. The standard InChI is InChI=1S/C11H13ClO4/c1-15-9-6-8(14)10(12)7(4-3-5-13)11(9)16-2/h5-6,14H,3-4H2,1-2H3. The molecule has 0 aliphatic carbocycles. The number of phenols is 1. The Kier molecular flexibility index (Phi) is 4.43. The lowest BCUT2D eigenvalue weighted by molar-refractivity contribution is -0.107. The van der Waals surface area contributed by atoms with E-state index < -0.39 is 0 Å². The monoisotopic (exact) mass is 244 g/mol. The first-order valence-corrected chi connectivity index (χ1v) is 5.09. The molecule has 0 amide bonds. The van der Waals surface area contributed by atoms with E-state index in [2.05, 4.69) is 0 Å². The van der Waals surface area contributed by atoms with Crippen molar-refractivity contribution in [3.63, 3.8) is 0 Å². The van der Waals surface area contributed by atoms with Gasteiger partial charge in [-0.2, -0.15) is 0 Å². The van der Waals surface area contributed by atoms with Gasteiger partial charge < -0.3 is 19.4 Å². The van der Waals surface area contributed by atoms with E-state index >= 15 is 0 Å². The minimum atomic E-state index is -0.0831. The molecule has 0 spiro atoms. The predicted molar refractivity (Wildman–Crippen MR) is 60.6 cm³/mol. The maximum absolute atomic E-state index is 10.4. The summed E-state index contributed by atoms with van der Waals surface area (Å²) in [6, 6.07) is 1.38. The van der Waals surface area contributed by atoms with Crippen molar-refractivity contribution in [3.05, 3.63) is 16.7 Å². The van der Waals surface area contributed by atoms with Crippen molar-refractivity contribution in [2.75, 3.05) is 14.2 Å². The highest BCUT2D eigenvalue weighted by Gasteiger charge is 2.17. The number of halogens is 1. The molecule has 0 aromatic heterocycles. The Morgan fingerprint density at radius 2 is 2.12 bits per heavy atom. The zero-order valence-electron chi connectivity index (χ0n) is 9.12. The van der Waals surface area contributed by atoms with E-state index in [0.29, 0.717) is 29.9 Å². The molecule has 5 heteroatoms. The van der Waals surface area contributed by atoms with Gasteiger partial charge in [-0.25, -0.2) is 0 Å². The number of rotatable bonds is 5. The number of aldehydes is 1. The molecule has 1 rings (SSSR count). The Morgan fingerprint density at radius 1 is 1.44 bits per heavy atom. The lowest BCUT2D eigenvalue weighted by Crippen LogP contribution is -1.98. The van der Waals surface area contributed by atoms with Crippen molar-refractivity contribution in [3.8, 4) is 17.2 Å². The molecule has 1 N–H and O–H groups in total. The molecule has 0 saturated heterocycles. The normalized spacial score (nSPS) is 9.94. The number of methoxy groups -OCH3 is 2. The van der Waals surface area contributed by atoms with Gasteiger partial charge in [0.2, 0.25) is 0 Å². The van der Waals surface area contributed by atoms with Crippen LogP contribution in [0.15, 0.2) is 6.07 Å². The fraction of sp³-hybridized carbons (Fsp3) is 0.364. The minimum Gasteiger partial charge on any atom is -0.506 e. The van der Waals surface area contributed by atoms with Crippen LogP contribution in [-0.4, -0.2) is 25.6 Å². The molecular weight excluding hydrogens is 232 g/mol. The van der Waals surface area contributed by atoms with Crippen molar-refractivity contribution in [1.29, 1.82) is 0 Å². The average Bonchev–Trinajstić information content (AvgIpc) is 2.30. The molecule has 0 heterocycles. The number of carbonyl (C=O) groups excluding carboxylic acids is 1. The highest BCUT2D eigenvalue weighted by Crippen LogP contribution is 2.42. The number of ether oxygens (including phenoxy) is 2. The van der Waals surface area contributed by atoms with E-state index in [1.807, 2.05) is 0 Å². The highest BCUT2D eigenvalue weighted by molar-refractivity contribution is 6.33. The van der Waals surface area contributed by atoms with Crippen LogP contribution in [0.25, 0.3) is 0 Å². The van der Waals surface area contributed by atoms with Crippen molar-refractivity contribution in [2.45, 2.75) is 12.8 Å². The summed E-state index contributed by atoms with van der Waals surface area (Å²) in [5.41, 5.74) is 0.577. The Bertz CT molecular complexity index is 390. The largest absolute Gasteiger partial charge is 0.506 e. The number of hydrogen-bond donors (Lipinski definition) is 1. The molecular formula is C11H13ClO4. The summed E-state index contributed by atoms with van der Waals surface area (Å²) < 4.78 is 10.2. The second-order valence-electron chi connectivity index (χ2n) is 3.13. The van der Waals surface area contributed by atoms with Gasteiger partial charge in [0.05, 0.1) is 19.2 Å². The molecule has 0 unspecified atom stereocenters. The Balaban J connectivity index is 3.28. The van der Waals surface area contributed by atoms with Crippen LogP contribution in [0.1, 0.15) is 12.0 Å². The van der Waals surface area contributed by atoms with Crippen LogP contribution in [0.3, 0.4) is 0 Å². The van der Waals surface area contributed by atoms with Gasteiger partial charge in [0.15, 0.2) is 11.5 Å². The molecule has 88 valence electrons. The van der Waals surface area contributed by atoms with E-state index in [0.717, 1.165) is 6.29 Å². The predicted octanol–water partition coefficient (Wildman–Crippen LogP) is 2.19. The Morgan fingerprint density at radius 3 is 2.62 bits per heavy atom. The number of phenolic OH excluding ortho intramolecular Hbond substituents is 1. The zero-order chi connectivity index (χ0) is 12.1. The van der Waals surface area contributed by atoms with Crippen molar-refractivity contribution >= 4 is 17.9 Å². The number of carbonyl (C=O) groups is 1. The van der Waals surface area contributed by atoms with Crippen LogP contribution in [-0.2, 0) is 11.2 Å². The fourth-order valence-electron chi connectivity index (χ4n) is 1.46. The Hall–Kier alpha value is -1.42. The summed E-state index contributed by atoms with van der Waals surface area (Å²) in [4.78, 5) is 10.4. The van der Waals surface area contributed by atoms with Gasteiger partial charge in [0.25, 0.3) is 0 Å². The summed E-state index contributed by atoms with van der Waals surface area (Å²) in [6.07, 6.45) is 1.49. The SMILES string of the molecule is COc1cc(O)c(Cl)c(CCC=O)c1OC. The molecule has 0 radical (unpaired) electrons. The zero-order valence-corrected chi connectivity index (χ0v) is 9.87. The van der Waals surface area contributed by atoms with Crippen LogP contribution in [0.4, 0.5) is 0 Å². The second kappa shape index (κ2) is 5.61. The molecule has 16 heavy (non-hydrogen) atoms. The Labute approximate surface area is 98.7 Å². The summed E-state index contributed by atoms with van der Waals surface area (Å²) in [5.74, 6) is 0.762. The van der Waals surface area contributed by atoms with Crippen molar-refractivity contribution < 1.29 is 19.4 Å². The quantitative estimate of drug-likeness (QED) is 0.807. The van der Waals surface area contributed by atoms with Crippen LogP contribution in [0.2, 0.25) is 5.02 Å². The van der Waals surface area contributed by atoms with Gasteiger partial charge in [-0.15, -0.1) is 0 Å². The first kappa shape index (κ1) is 12.6. The lowest BCUT2D eigenvalue weighted by atomic mass is 10.1. The van der Waals surface area contributed by atoms with E-state index in [9.17, 15) is 9.90 Å². The van der Waals surface area contributed by atoms with Gasteiger partial charge in [-0.05, 0) is 6.42 Å². The summed E-state index contributed by atoms with van der Waals surface area (Å²) in [5, 5.41) is 9.77. The molecule has 0 fully saturated rings. The van der Waals surface area contributed by atoms with E-state index in [4.69, 9.17) is 21.1 Å². The van der Waals surface area contributed by atoms with Crippen LogP contribution >= 0.6 is 11.6 Å². The summed E-state index contributed by atoms with van der Waals surface area (Å²) in [7, 11) is 2.95. The highest BCUT2D eigenvalue weighted by atomic mass is 35.5. The maximum atomic E-state index is 10.4. The fourth-order valence-corrected chi connectivity index (χ4v) is 1.69. The molecule has 1 aromatic rings. The second-order valence-corrected chi connectivity index (χ2v) is 3.51. The van der Waals surface area contributed by atoms with Gasteiger partial charge in [0.1, 0.15) is 12.0 Å². The molecule has 0 aliphatic heterocycles. The number of benzene rings is 1. The van der Waals surface area contributed by atoms with E-state index in [-0.39, 0.29) is 10.8 Å². The molecule has 0 atom stereocenters. The molecule has 0 saturated carbocycles. The first-order valence-electron chi connectivity index (χ1n) is 4.71. The van der Waals surface area contributed by atoms with E-state index in [1.54, 1.807) is 0 Å². The van der Waals surface area contributed by atoms with Crippen molar-refractivity contribution in [1.82, 2.24) is 0 Å². The van der Waals surface area contributed by atoms with Crippen LogP contribution in [0.5, 0.6) is 17.2 Å². The maximum Gasteiger partial charge on any atom is 0.165 e. The van der Waals surface area contributed by atoms with Gasteiger partial charge >= 0.3 is 0 Å². The van der Waals surface area contributed by atoms with Gasteiger partial charge in [0, 0.05) is 18.1 Å². The third kappa shape index (κ3) is 2.39. The smallest absolute Gasteiger partial charge is 0.165 e. The minimum absolute atomic E-state index is 0.0831. The molecule has 0 bridgehead atoms. The third-order valence-electron chi connectivity index (χ3n) is 2.19. The molecule has 0 aliphatic rings. The average molecular weight is 245 g/mol. The number of hydrogen-bond acceptors (Lipinski definition) is 4. The van der Waals surface area contributed by atoms with Crippen LogP contribution in [0, 0.1) is 0 Å². The number of aromatic hydroxyl groups is 1. The van der Waals surface area contributed by atoms with Gasteiger partial charge in [-0.3, -0.25) is 0 Å². The first-order chi connectivity index (χ1) is 7.65. The topological polar surface area (TPSA) is 55.8 Å².